The normalized spacial score (nSPS) is 12.2. The number of ketones is 1. The molecule has 0 aliphatic carbocycles. The molecule has 4 heteroatoms. The Morgan fingerprint density at radius 1 is 1.12 bits per heavy atom. The quantitative estimate of drug-likeness (QED) is 0.278. The van der Waals surface area contributed by atoms with Crippen LogP contribution >= 0.6 is 0 Å². The van der Waals surface area contributed by atoms with E-state index in [1.165, 1.54) is 0 Å². The number of esters is 1. The Kier molecular flexibility index (Phi) is 9.72. The van der Waals surface area contributed by atoms with Crippen molar-refractivity contribution in [2.45, 2.75) is 71.5 Å². The maximum atomic E-state index is 11.3. The Hall–Kier alpha value is -0.900. The number of carbonyl (C=O) groups is 2. The lowest BCUT2D eigenvalue weighted by atomic mass is 10.1. The molecule has 0 amide bonds. The lowest BCUT2D eigenvalue weighted by Crippen LogP contribution is -2.19. The first-order valence-electron chi connectivity index (χ1n) is 6.49. The number of hydrogen-bond acceptors (Lipinski definition) is 4. The molecule has 17 heavy (non-hydrogen) atoms. The van der Waals surface area contributed by atoms with E-state index >= 15 is 0 Å². The summed E-state index contributed by atoms with van der Waals surface area (Å²) in [6, 6.07) is 0. The molecule has 0 aromatic rings. The number of ether oxygens (including phenoxy) is 1. The van der Waals surface area contributed by atoms with Crippen LogP contribution in [0.1, 0.15) is 65.2 Å². The summed E-state index contributed by atoms with van der Waals surface area (Å²) in [7, 11) is 0. The van der Waals surface area contributed by atoms with Gasteiger partial charge in [-0.05, 0) is 12.8 Å². The van der Waals surface area contributed by atoms with E-state index in [1.54, 1.807) is 0 Å². The monoisotopic (exact) mass is 244 g/mol. The number of carbonyl (C=O) groups excluding carboxylic acids is 2. The van der Waals surface area contributed by atoms with Gasteiger partial charge in [0.25, 0.3) is 0 Å². The molecule has 0 bridgehead atoms. The molecule has 0 radical (unpaired) electrons. The molecule has 100 valence electrons. The van der Waals surface area contributed by atoms with Gasteiger partial charge in [-0.3, -0.25) is 9.59 Å². The zero-order chi connectivity index (χ0) is 13.1. The molecule has 0 aromatic carbocycles. The number of hydrogen-bond donors (Lipinski definition) is 1. The first-order valence-corrected chi connectivity index (χ1v) is 6.49. The van der Waals surface area contributed by atoms with Gasteiger partial charge in [-0.25, -0.2) is 0 Å². The minimum Gasteiger partial charge on any atom is -0.436 e. The summed E-state index contributed by atoms with van der Waals surface area (Å²) in [6.07, 6.45) is 4.19. The second-order valence-corrected chi connectivity index (χ2v) is 4.26. The average Bonchev–Trinajstić information content (AvgIpc) is 2.26. The molecule has 0 aromatic heterocycles. The van der Waals surface area contributed by atoms with Crippen LogP contribution in [0.5, 0.6) is 0 Å². The number of Topliss-reactive ketones (excluding diaryl/α,β-unsaturated/α-hetero) is 1. The summed E-state index contributed by atoms with van der Waals surface area (Å²) in [5.74, 6) is -0.721. The fourth-order valence-electron chi connectivity index (χ4n) is 1.45. The fraction of sp³-hybridized carbons (Fsp3) is 0.846. The van der Waals surface area contributed by atoms with E-state index in [4.69, 9.17) is 4.74 Å². The highest BCUT2D eigenvalue weighted by Gasteiger charge is 2.14. The standard InChI is InChI=1S/C13H24O4/c1-3-5-7-8-11(14)10-13(16)17-12(15)9-6-4-2/h12,15H,3-10H2,1-2H3. The second kappa shape index (κ2) is 10.3. The number of unbranched alkanes of at least 4 members (excludes halogenated alkanes) is 3. The van der Waals surface area contributed by atoms with Crippen LogP contribution in [0.25, 0.3) is 0 Å². The highest BCUT2D eigenvalue weighted by molar-refractivity contribution is 5.95. The summed E-state index contributed by atoms with van der Waals surface area (Å²) >= 11 is 0. The van der Waals surface area contributed by atoms with E-state index < -0.39 is 12.3 Å². The Bertz CT molecular complexity index is 225. The Labute approximate surface area is 103 Å². The van der Waals surface area contributed by atoms with Crippen LogP contribution in [-0.4, -0.2) is 23.1 Å². The SMILES string of the molecule is CCCCCC(=O)CC(=O)OC(O)CCCC. The maximum absolute atomic E-state index is 11.3. The van der Waals surface area contributed by atoms with E-state index in [9.17, 15) is 14.7 Å². The van der Waals surface area contributed by atoms with Gasteiger partial charge in [0.2, 0.25) is 6.29 Å². The van der Waals surface area contributed by atoms with Crippen molar-refractivity contribution in [2.24, 2.45) is 0 Å². The van der Waals surface area contributed by atoms with Crippen molar-refractivity contribution in [3.63, 3.8) is 0 Å². The van der Waals surface area contributed by atoms with E-state index in [1.807, 2.05) is 6.92 Å². The van der Waals surface area contributed by atoms with Gasteiger partial charge in [0.15, 0.2) is 0 Å². The van der Waals surface area contributed by atoms with Gasteiger partial charge in [0.05, 0.1) is 0 Å². The molecule has 0 rings (SSSR count). The van der Waals surface area contributed by atoms with Crippen molar-refractivity contribution < 1.29 is 19.4 Å². The third-order valence-corrected chi connectivity index (χ3v) is 2.47. The molecule has 1 N–H and O–H groups in total. The van der Waals surface area contributed by atoms with Crippen molar-refractivity contribution >= 4 is 11.8 Å². The first-order chi connectivity index (χ1) is 8.10. The van der Waals surface area contributed by atoms with Gasteiger partial charge >= 0.3 is 5.97 Å². The molecule has 0 saturated heterocycles. The van der Waals surface area contributed by atoms with Crippen molar-refractivity contribution in [3.05, 3.63) is 0 Å². The largest absolute Gasteiger partial charge is 0.436 e. The zero-order valence-corrected chi connectivity index (χ0v) is 10.9. The minimum absolute atomic E-state index is 0.105. The molecular formula is C13H24O4. The van der Waals surface area contributed by atoms with Gasteiger partial charge in [-0.15, -0.1) is 0 Å². The summed E-state index contributed by atoms with van der Waals surface area (Å²) in [5.41, 5.74) is 0. The first kappa shape index (κ1) is 16.1. The van der Waals surface area contributed by atoms with E-state index in [0.717, 1.165) is 32.1 Å². The average molecular weight is 244 g/mol. The number of aliphatic hydroxyl groups is 1. The third kappa shape index (κ3) is 10.00. The Morgan fingerprint density at radius 3 is 2.35 bits per heavy atom. The van der Waals surface area contributed by atoms with Crippen LogP contribution in [0.3, 0.4) is 0 Å². The molecule has 0 aliphatic heterocycles. The molecule has 0 fully saturated rings. The van der Waals surface area contributed by atoms with Crippen molar-refractivity contribution in [1.82, 2.24) is 0 Å². The van der Waals surface area contributed by atoms with Gasteiger partial charge in [0, 0.05) is 12.8 Å². The second-order valence-electron chi connectivity index (χ2n) is 4.26. The third-order valence-electron chi connectivity index (χ3n) is 2.47. The van der Waals surface area contributed by atoms with Gasteiger partial charge < -0.3 is 9.84 Å². The van der Waals surface area contributed by atoms with Crippen LogP contribution in [0.2, 0.25) is 0 Å². The highest BCUT2D eigenvalue weighted by Crippen LogP contribution is 2.06. The van der Waals surface area contributed by atoms with E-state index in [2.05, 4.69) is 6.92 Å². The summed E-state index contributed by atoms with van der Waals surface area (Å²) < 4.78 is 4.73. The van der Waals surface area contributed by atoms with Gasteiger partial charge in [0.1, 0.15) is 12.2 Å². The van der Waals surface area contributed by atoms with Gasteiger partial charge in [-0.2, -0.15) is 0 Å². The van der Waals surface area contributed by atoms with Crippen molar-refractivity contribution in [1.29, 1.82) is 0 Å². The molecule has 1 unspecified atom stereocenters. The summed E-state index contributed by atoms with van der Waals surface area (Å²) in [6.45, 7) is 4.05. The topological polar surface area (TPSA) is 63.6 Å². The lowest BCUT2D eigenvalue weighted by Gasteiger charge is -2.10. The molecular weight excluding hydrogens is 220 g/mol. The molecule has 0 saturated carbocycles. The number of rotatable bonds is 10. The smallest absolute Gasteiger partial charge is 0.315 e. The van der Waals surface area contributed by atoms with E-state index in [0.29, 0.717) is 12.8 Å². The van der Waals surface area contributed by atoms with E-state index in [-0.39, 0.29) is 12.2 Å². The van der Waals surface area contributed by atoms with Crippen molar-refractivity contribution in [3.8, 4) is 0 Å². The predicted molar refractivity (Wildman–Crippen MR) is 65.4 cm³/mol. The van der Waals surface area contributed by atoms with Crippen molar-refractivity contribution in [2.75, 3.05) is 0 Å². The summed E-state index contributed by atoms with van der Waals surface area (Å²) in [5, 5.41) is 9.32. The maximum Gasteiger partial charge on any atom is 0.315 e. The molecule has 1 atom stereocenters. The van der Waals surface area contributed by atoms with Crippen LogP contribution in [0.15, 0.2) is 0 Å². The number of aliphatic hydroxyl groups excluding tert-OH is 1. The predicted octanol–water partition coefficient (Wildman–Crippen LogP) is 2.58. The minimum atomic E-state index is -1.06. The fourth-order valence-corrected chi connectivity index (χ4v) is 1.45. The molecule has 0 spiro atoms. The molecule has 4 nitrogen and oxygen atoms in total. The van der Waals surface area contributed by atoms with Gasteiger partial charge in [-0.1, -0.05) is 33.1 Å². The Morgan fingerprint density at radius 2 is 1.76 bits per heavy atom. The Balaban J connectivity index is 3.66. The summed E-state index contributed by atoms with van der Waals surface area (Å²) in [4.78, 5) is 22.6. The van der Waals surface area contributed by atoms with Crippen LogP contribution in [-0.2, 0) is 14.3 Å². The molecule has 0 aliphatic rings. The van der Waals surface area contributed by atoms with Crippen LogP contribution in [0, 0.1) is 0 Å². The lowest BCUT2D eigenvalue weighted by molar-refractivity contribution is -0.169. The molecule has 0 heterocycles. The zero-order valence-electron chi connectivity index (χ0n) is 10.9. The highest BCUT2D eigenvalue weighted by atomic mass is 16.6. The van der Waals surface area contributed by atoms with Crippen LogP contribution < -0.4 is 0 Å². The van der Waals surface area contributed by atoms with Crippen LogP contribution in [0.4, 0.5) is 0 Å².